The number of nitrogens with zero attached hydrogens (tertiary/aromatic N) is 2. The number of nitrogens with two attached hydrogens (primary N) is 1. The lowest BCUT2D eigenvalue weighted by atomic mass is 10.1. The summed E-state index contributed by atoms with van der Waals surface area (Å²) in [6.07, 6.45) is 2.30. The molecule has 0 spiro atoms. The Morgan fingerprint density at radius 3 is 2.78 bits per heavy atom. The summed E-state index contributed by atoms with van der Waals surface area (Å²) in [5.41, 5.74) is 5.71. The maximum atomic E-state index is 5.71. The number of rotatable bonds is 8. The smallest absolute Gasteiger partial charge is 0.218 e. The summed E-state index contributed by atoms with van der Waals surface area (Å²) in [5.74, 6) is 2.02. The Kier molecular flexibility index (Phi) is 6.43. The van der Waals surface area contributed by atoms with Crippen molar-refractivity contribution < 1.29 is 9.47 Å². The number of ether oxygens (including phenoxy) is 2. The zero-order valence-corrected chi connectivity index (χ0v) is 11.5. The van der Waals surface area contributed by atoms with Crippen molar-refractivity contribution in [2.45, 2.75) is 40.2 Å². The molecule has 0 radical (unpaired) electrons. The van der Waals surface area contributed by atoms with Gasteiger partial charge in [0.05, 0.1) is 6.61 Å². The van der Waals surface area contributed by atoms with Crippen LogP contribution in [0.25, 0.3) is 0 Å². The molecule has 0 fully saturated rings. The monoisotopic (exact) mass is 253 g/mol. The number of hydrogen-bond acceptors (Lipinski definition) is 5. The molecule has 5 nitrogen and oxygen atoms in total. The van der Waals surface area contributed by atoms with Crippen molar-refractivity contribution in [3.63, 3.8) is 0 Å². The minimum absolute atomic E-state index is 0.364. The summed E-state index contributed by atoms with van der Waals surface area (Å²) in [5, 5.41) is 0. The lowest BCUT2D eigenvalue weighted by Gasteiger charge is -2.12. The Bertz CT molecular complexity index is 358. The molecule has 102 valence electrons. The first kappa shape index (κ1) is 14.7. The molecular weight excluding hydrogens is 230 g/mol. The van der Waals surface area contributed by atoms with Gasteiger partial charge in [-0.1, -0.05) is 20.3 Å². The number of aromatic nitrogens is 2. The SMILES string of the molecule is CCCC(C)COc1cc(N)nc(COCC)n1. The fourth-order valence-corrected chi connectivity index (χ4v) is 1.63. The molecule has 2 N–H and O–H groups in total. The van der Waals surface area contributed by atoms with Gasteiger partial charge in [0.15, 0.2) is 5.82 Å². The molecule has 0 bridgehead atoms. The van der Waals surface area contributed by atoms with E-state index in [1.807, 2.05) is 6.92 Å². The van der Waals surface area contributed by atoms with E-state index in [0.717, 1.165) is 12.8 Å². The van der Waals surface area contributed by atoms with Crippen molar-refractivity contribution in [3.8, 4) is 5.88 Å². The highest BCUT2D eigenvalue weighted by molar-refractivity contribution is 5.32. The van der Waals surface area contributed by atoms with E-state index in [4.69, 9.17) is 15.2 Å². The molecule has 1 atom stereocenters. The number of hydrogen-bond donors (Lipinski definition) is 1. The van der Waals surface area contributed by atoms with E-state index >= 15 is 0 Å². The van der Waals surface area contributed by atoms with Crippen LogP contribution in [0.5, 0.6) is 5.88 Å². The van der Waals surface area contributed by atoms with Gasteiger partial charge in [-0.25, -0.2) is 4.98 Å². The van der Waals surface area contributed by atoms with Crippen molar-refractivity contribution in [2.24, 2.45) is 5.92 Å². The lowest BCUT2D eigenvalue weighted by molar-refractivity contribution is 0.127. The Labute approximate surface area is 109 Å². The fraction of sp³-hybridized carbons (Fsp3) is 0.692. The predicted molar refractivity (Wildman–Crippen MR) is 71.3 cm³/mol. The maximum Gasteiger partial charge on any atom is 0.218 e. The maximum absolute atomic E-state index is 5.71. The van der Waals surface area contributed by atoms with Crippen LogP contribution in [0.2, 0.25) is 0 Å². The van der Waals surface area contributed by atoms with Crippen molar-refractivity contribution in [2.75, 3.05) is 18.9 Å². The molecule has 0 aliphatic carbocycles. The Morgan fingerprint density at radius 2 is 2.11 bits per heavy atom. The largest absolute Gasteiger partial charge is 0.477 e. The van der Waals surface area contributed by atoms with Gasteiger partial charge < -0.3 is 15.2 Å². The Balaban J connectivity index is 2.56. The van der Waals surface area contributed by atoms with Gasteiger partial charge in [-0.15, -0.1) is 0 Å². The zero-order chi connectivity index (χ0) is 13.4. The van der Waals surface area contributed by atoms with Gasteiger partial charge in [0.25, 0.3) is 0 Å². The zero-order valence-electron chi connectivity index (χ0n) is 11.5. The molecule has 1 heterocycles. The predicted octanol–water partition coefficient (Wildman–Crippen LogP) is 2.41. The summed E-state index contributed by atoms with van der Waals surface area (Å²) in [7, 11) is 0. The van der Waals surface area contributed by atoms with Crippen molar-refractivity contribution in [3.05, 3.63) is 11.9 Å². The minimum atomic E-state index is 0.364. The lowest BCUT2D eigenvalue weighted by Crippen LogP contribution is -2.11. The molecule has 0 saturated carbocycles. The third-order valence-electron chi connectivity index (χ3n) is 2.50. The molecule has 0 aliphatic heterocycles. The summed E-state index contributed by atoms with van der Waals surface area (Å²) < 4.78 is 10.9. The van der Waals surface area contributed by atoms with Crippen LogP contribution in [-0.2, 0) is 11.3 Å². The molecule has 0 aromatic carbocycles. The number of anilines is 1. The topological polar surface area (TPSA) is 70.3 Å². The third kappa shape index (κ3) is 5.31. The first-order chi connectivity index (χ1) is 8.65. The Morgan fingerprint density at radius 1 is 1.33 bits per heavy atom. The normalized spacial score (nSPS) is 12.4. The van der Waals surface area contributed by atoms with Gasteiger partial charge in [-0.05, 0) is 19.3 Å². The van der Waals surface area contributed by atoms with E-state index < -0.39 is 0 Å². The van der Waals surface area contributed by atoms with Gasteiger partial charge in [0, 0.05) is 12.7 Å². The van der Waals surface area contributed by atoms with Gasteiger partial charge in [-0.2, -0.15) is 4.98 Å². The second kappa shape index (κ2) is 7.87. The van der Waals surface area contributed by atoms with E-state index in [1.54, 1.807) is 6.07 Å². The molecule has 0 aliphatic rings. The van der Waals surface area contributed by atoms with Gasteiger partial charge >= 0.3 is 0 Å². The standard InChI is InChI=1S/C13H23N3O2/c1-4-6-10(3)8-18-13-7-11(14)15-12(16-13)9-17-5-2/h7,10H,4-6,8-9H2,1-3H3,(H2,14,15,16). The van der Waals surface area contributed by atoms with Crippen LogP contribution in [-0.4, -0.2) is 23.2 Å². The van der Waals surface area contributed by atoms with Crippen LogP contribution in [0.15, 0.2) is 6.07 Å². The van der Waals surface area contributed by atoms with E-state index in [9.17, 15) is 0 Å². The second-order valence-electron chi connectivity index (χ2n) is 4.39. The molecule has 1 aromatic heterocycles. The highest BCUT2D eigenvalue weighted by Gasteiger charge is 2.06. The first-order valence-corrected chi connectivity index (χ1v) is 6.49. The second-order valence-corrected chi connectivity index (χ2v) is 4.39. The molecule has 0 saturated heterocycles. The third-order valence-corrected chi connectivity index (χ3v) is 2.50. The highest BCUT2D eigenvalue weighted by Crippen LogP contribution is 2.14. The van der Waals surface area contributed by atoms with Crippen LogP contribution >= 0.6 is 0 Å². The van der Waals surface area contributed by atoms with E-state index in [2.05, 4.69) is 23.8 Å². The summed E-state index contributed by atoms with van der Waals surface area (Å²) in [6, 6.07) is 1.65. The van der Waals surface area contributed by atoms with Crippen LogP contribution in [0, 0.1) is 5.92 Å². The fourth-order valence-electron chi connectivity index (χ4n) is 1.63. The molecule has 1 aromatic rings. The van der Waals surface area contributed by atoms with Crippen molar-refractivity contribution >= 4 is 5.82 Å². The average molecular weight is 253 g/mol. The molecule has 1 rings (SSSR count). The van der Waals surface area contributed by atoms with E-state index in [-0.39, 0.29) is 0 Å². The summed E-state index contributed by atoms with van der Waals surface area (Å²) >= 11 is 0. The molecule has 5 heteroatoms. The molecule has 18 heavy (non-hydrogen) atoms. The van der Waals surface area contributed by atoms with Crippen LogP contribution in [0.4, 0.5) is 5.82 Å². The summed E-state index contributed by atoms with van der Waals surface area (Å²) in [6.45, 7) is 7.90. The van der Waals surface area contributed by atoms with E-state index in [1.165, 1.54) is 0 Å². The van der Waals surface area contributed by atoms with Crippen molar-refractivity contribution in [1.82, 2.24) is 9.97 Å². The van der Waals surface area contributed by atoms with Crippen molar-refractivity contribution in [1.29, 1.82) is 0 Å². The summed E-state index contributed by atoms with van der Waals surface area (Å²) in [4.78, 5) is 8.36. The molecular formula is C13H23N3O2. The quantitative estimate of drug-likeness (QED) is 0.770. The van der Waals surface area contributed by atoms with Crippen LogP contribution in [0.3, 0.4) is 0 Å². The minimum Gasteiger partial charge on any atom is -0.477 e. The average Bonchev–Trinajstić information content (AvgIpc) is 2.34. The first-order valence-electron chi connectivity index (χ1n) is 6.49. The molecule has 1 unspecified atom stereocenters. The van der Waals surface area contributed by atoms with Crippen LogP contribution < -0.4 is 10.5 Å². The number of nitrogen functional groups attached to an aromatic ring is 1. The molecule has 0 amide bonds. The van der Waals surface area contributed by atoms with Crippen LogP contribution in [0.1, 0.15) is 39.4 Å². The highest BCUT2D eigenvalue weighted by atomic mass is 16.5. The van der Waals surface area contributed by atoms with Gasteiger partial charge in [0.1, 0.15) is 12.4 Å². The van der Waals surface area contributed by atoms with Gasteiger partial charge in [-0.3, -0.25) is 0 Å². The van der Waals surface area contributed by atoms with Gasteiger partial charge in [0.2, 0.25) is 5.88 Å². The van der Waals surface area contributed by atoms with E-state index in [0.29, 0.717) is 43.3 Å². The Hall–Kier alpha value is -1.36.